The highest BCUT2D eigenvalue weighted by Gasteiger charge is 2.12. The van der Waals surface area contributed by atoms with Crippen LogP contribution in [-0.2, 0) is 12.8 Å². The van der Waals surface area contributed by atoms with Crippen LogP contribution in [0.5, 0.6) is 0 Å². The Hall–Kier alpha value is -1.60. The van der Waals surface area contributed by atoms with Gasteiger partial charge in [-0.25, -0.2) is 0 Å². The SMILES string of the molecule is CCCNCC(Cc1cccc(CC)c1)c1ccccc1. The van der Waals surface area contributed by atoms with E-state index in [0.29, 0.717) is 5.92 Å². The second-order valence-corrected chi connectivity index (χ2v) is 5.69. The third-order valence-electron chi connectivity index (χ3n) is 3.97. The van der Waals surface area contributed by atoms with Crippen molar-refractivity contribution in [3.63, 3.8) is 0 Å². The van der Waals surface area contributed by atoms with Crippen molar-refractivity contribution in [3.05, 3.63) is 71.3 Å². The minimum Gasteiger partial charge on any atom is -0.316 e. The predicted molar refractivity (Wildman–Crippen MR) is 91.9 cm³/mol. The highest BCUT2D eigenvalue weighted by molar-refractivity contribution is 5.28. The van der Waals surface area contributed by atoms with Crippen LogP contribution in [0.4, 0.5) is 0 Å². The molecule has 1 heteroatoms. The lowest BCUT2D eigenvalue weighted by molar-refractivity contribution is 0.576. The summed E-state index contributed by atoms with van der Waals surface area (Å²) in [4.78, 5) is 0. The smallest absolute Gasteiger partial charge is 0.00233 e. The van der Waals surface area contributed by atoms with Gasteiger partial charge >= 0.3 is 0 Å². The summed E-state index contributed by atoms with van der Waals surface area (Å²) >= 11 is 0. The van der Waals surface area contributed by atoms with Crippen molar-refractivity contribution in [1.29, 1.82) is 0 Å². The fraction of sp³-hybridized carbons (Fsp3) is 0.400. The fourth-order valence-corrected chi connectivity index (χ4v) is 2.75. The van der Waals surface area contributed by atoms with Gasteiger partial charge in [0.25, 0.3) is 0 Å². The second-order valence-electron chi connectivity index (χ2n) is 5.69. The summed E-state index contributed by atoms with van der Waals surface area (Å²) in [6, 6.07) is 19.9. The average Bonchev–Trinajstić information content (AvgIpc) is 2.55. The maximum Gasteiger partial charge on any atom is 0.00233 e. The van der Waals surface area contributed by atoms with Crippen LogP contribution in [0.1, 0.15) is 42.9 Å². The number of rotatable bonds is 8. The van der Waals surface area contributed by atoms with Crippen LogP contribution in [0.25, 0.3) is 0 Å². The summed E-state index contributed by atoms with van der Waals surface area (Å²) < 4.78 is 0. The molecule has 1 unspecified atom stereocenters. The molecule has 0 amide bonds. The Morgan fingerprint density at radius 1 is 0.905 bits per heavy atom. The monoisotopic (exact) mass is 281 g/mol. The Labute approximate surface area is 129 Å². The molecule has 1 atom stereocenters. The largest absolute Gasteiger partial charge is 0.316 e. The standard InChI is InChI=1S/C20H27N/c1-3-13-21-16-20(19-11-6-5-7-12-19)15-18-10-8-9-17(4-2)14-18/h5-12,14,20-21H,3-4,13,15-16H2,1-2H3. The minimum atomic E-state index is 0.546. The molecular formula is C20H27N. The summed E-state index contributed by atoms with van der Waals surface area (Å²) in [5.74, 6) is 0.546. The molecule has 0 saturated heterocycles. The molecular weight excluding hydrogens is 254 g/mol. The summed E-state index contributed by atoms with van der Waals surface area (Å²) in [6.45, 7) is 6.58. The Balaban J connectivity index is 2.11. The maximum atomic E-state index is 3.58. The van der Waals surface area contributed by atoms with Crippen LogP contribution >= 0.6 is 0 Å². The van der Waals surface area contributed by atoms with E-state index in [1.54, 1.807) is 0 Å². The molecule has 112 valence electrons. The van der Waals surface area contributed by atoms with Gasteiger partial charge in [0.1, 0.15) is 0 Å². The highest BCUT2D eigenvalue weighted by Crippen LogP contribution is 2.21. The molecule has 0 aromatic heterocycles. The quantitative estimate of drug-likeness (QED) is 0.699. The van der Waals surface area contributed by atoms with Gasteiger partial charge in [-0.05, 0) is 42.5 Å². The van der Waals surface area contributed by atoms with Crippen LogP contribution in [0.15, 0.2) is 54.6 Å². The number of hydrogen-bond donors (Lipinski definition) is 1. The minimum absolute atomic E-state index is 0.546. The normalized spacial score (nSPS) is 12.3. The first-order valence-electron chi connectivity index (χ1n) is 8.17. The third-order valence-corrected chi connectivity index (χ3v) is 3.97. The Morgan fingerprint density at radius 3 is 2.38 bits per heavy atom. The van der Waals surface area contributed by atoms with E-state index in [2.05, 4.69) is 73.8 Å². The van der Waals surface area contributed by atoms with Crippen molar-refractivity contribution in [2.24, 2.45) is 0 Å². The van der Waals surface area contributed by atoms with Crippen molar-refractivity contribution in [1.82, 2.24) is 5.32 Å². The Morgan fingerprint density at radius 2 is 1.67 bits per heavy atom. The maximum absolute atomic E-state index is 3.58. The van der Waals surface area contributed by atoms with Crippen molar-refractivity contribution < 1.29 is 0 Å². The molecule has 0 saturated carbocycles. The van der Waals surface area contributed by atoms with Crippen LogP contribution in [0, 0.1) is 0 Å². The molecule has 2 aromatic carbocycles. The van der Waals surface area contributed by atoms with Gasteiger partial charge in [-0.3, -0.25) is 0 Å². The summed E-state index contributed by atoms with van der Waals surface area (Å²) in [5.41, 5.74) is 4.31. The van der Waals surface area contributed by atoms with Crippen molar-refractivity contribution >= 4 is 0 Å². The molecule has 2 aromatic rings. The summed E-state index contributed by atoms with van der Waals surface area (Å²) in [7, 11) is 0. The molecule has 0 heterocycles. The van der Waals surface area contributed by atoms with Crippen LogP contribution < -0.4 is 5.32 Å². The summed E-state index contributed by atoms with van der Waals surface area (Å²) in [5, 5.41) is 3.58. The zero-order valence-electron chi connectivity index (χ0n) is 13.3. The van der Waals surface area contributed by atoms with E-state index in [0.717, 1.165) is 25.9 Å². The molecule has 2 rings (SSSR count). The van der Waals surface area contributed by atoms with Crippen molar-refractivity contribution in [3.8, 4) is 0 Å². The molecule has 0 radical (unpaired) electrons. The lowest BCUT2D eigenvalue weighted by atomic mass is 9.91. The van der Waals surface area contributed by atoms with Crippen LogP contribution in [-0.4, -0.2) is 13.1 Å². The molecule has 1 nitrogen and oxygen atoms in total. The van der Waals surface area contributed by atoms with E-state index < -0.39 is 0 Å². The van der Waals surface area contributed by atoms with Crippen molar-refractivity contribution in [2.75, 3.05) is 13.1 Å². The van der Waals surface area contributed by atoms with E-state index in [1.807, 2.05) is 0 Å². The first-order valence-corrected chi connectivity index (χ1v) is 8.17. The van der Waals surface area contributed by atoms with Gasteiger partial charge in [-0.2, -0.15) is 0 Å². The van der Waals surface area contributed by atoms with Crippen LogP contribution in [0.3, 0.4) is 0 Å². The lowest BCUT2D eigenvalue weighted by Gasteiger charge is -2.19. The van der Waals surface area contributed by atoms with E-state index >= 15 is 0 Å². The second kappa shape index (κ2) is 8.63. The first-order chi connectivity index (χ1) is 10.3. The number of hydrogen-bond acceptors (Lipinski definition) is 1. The number of aryl methyl sites for hydroxylation is 1. The van der Waals surface area contributed by atoms with E-state index in [9.17, 15) is 0 Å². The van der Waals surface area contributed by atoms with Crippen LogP contribution in [0.2, 0.25) is 0 Å². The molecule has 0 spiro atoms. The topological polar surface area (TPSA) is 12.0 Å². The zero-order valence-corrected chi connectivity index (χ0v) is 13.3. The van der Waals surface area contributed by atoms with Gasteiger partial charge < -0.3 is 5.32 Å². The molecule has 0 aliphatic heterocycles. The Bertz CT molecular complexity index is 518. The van der Waals surface area contributed by atoms with E-state index in [4.69, 9.17) is 0 Å². The van der Waals surface area contributed by atoms with E-state index in [1.165, 1.54) is 23.1 Å². The van der Waals surface area contributed by atoms with Gasteiger partial charge in [-0.1, -0.05) is 68.4 Å². The van der Waals surface area contributed by atoms with Gasteiger partial charge in [0, 0.05) is 12.5 Å². The predicted octanol–water partition coefficient (Wildman–Crippen LogP) is 4.57. The highest BCUT2D eigenvalue weighted by atomic mass is 14.8. The Kier molecular flexibility index (Phi) is 6.49. The number of benzene rings is 2. The van der Waals surface area contributed by atoms with Gasteiger partial charge in [0.15, 0.2) is 0 Å². The zero-order chi connectivity index (χ0) is 14.9. The first kappa shape index (κ1) is 15.8. The average molecular weight is 281 g/mol. The molecule has 0 fully saturated rings. The third kappa shape index (κ3) is 5.02. The summed E-state index contributed by atoms with van der Waals surface area (Å²) in [6.07, 6.45) is 3.40. The molecule has 0 aliphatic rings. The molecule has 1 N–H and O–H groups in total. The van der Waals surface area contributed by atoms with Gasteiger partial charge in [0.2, 0.25) is 0 Å². The molecule has 21 heavy (non-hydrogen) atoms. The van der Waals surface area contributed by atoms with Gasteiger partial charge in [-0.15, -0.1) is 0 Å². The molecule has 0 aliphatic carbocycles. The van der Waals surface area contributed by atoms with Gasteiger partial charge in [0.05, 0.1) is 0 Å². The lowest BCUT2D eigenvalue weighted by Crippen LogP contribution is -2.23. The fourth-order valence-electron chi connectivity index (χ4n) is 2.75. The molecule has 0 bridgehead atoms. The van der Waals surface area contributed by atoms with E-state index in [-0.39, 0.29) is 0 Å². The van der Waals surface area contributed by atoms with Crippen molar-refractivity contribution in [2.45, 2.75) is 39.0 Å². The number of nitrogens with one attached hydrogen (secondary N) is 1.